The summed E-state index contributed by atoms with van der Waals surface area (Å²) in [5.74, 6) is 1.71. The molecule has 0 radical (unpaired) electrons. The summed E-state index contributed by atoms with van der Waals surface area (Å²) in [6.45, 7) is 4.07. The Morgan fingerprint density at radius 3 is 2.46 bits per heavy atom. The lowest BCUT2D eigenvalue weighted by molar-refractivity contribution is -0.122. The molecule has 0 heterocycles. The first kappa shape index (κ1) is 19.0. The fourth-order valence-corrected chi connectivity index (χ4v) is 5.56. The topological polar surface area (TPSA) is 75.7 Å². The van der Waals surface area contributed by atoms with E-state index in [1.165, 1.54) is 23.6 Å². The van der Waals surface area contributed by atoms with E-state index in [1.54, 1.807) is 31.2 Å². The summed E-state index contributed by atoms with van der Waals surface area (Å²) < 4.78 is 31.3. The van der Waals surface area contributed by atoms with E-state index in [0.29, 0.717) is 24.0 Å². The average Bonchev–Trinajstić information content (AvgIpc) is 3.18. The molecule has 26 heavy (non-hydrogen) atoms. The average molecular weight is 381 g/mol. The van der Waals surface area contributed by atoms with Crippen LogP contribution in [0, 0.1) is 11.8 Å². The SMILES string of the molecule is CCOc1ccc(N([C@@H](C)C(=O)N[C@@H]2C[C@H]3CC[C@H]2C3)S(C)(=O)=O)cc1. The van der Waals surface area contributed by atoms with Crippen LogP contribution >= 0.6 is 0 Å². The van der Waals surface area contributed by atoms with Crippen molar-refractivity contribution in [3.05, 3.63) is 24.3 Å². The van der Waals surface area contributed by atoms with E-state index < -0.39 is 16.1 Å². The van der Waals surface area contributed by atoms with Crippen molar-refractivity contribution in [2.75, 3.05) is 17.2 Å². The van der Waals surface area contributed by atoms with Crippen LogP contribution < -0.4 is 14.4 Å². The van der Waals surface area contributed by atoms with Crippen LogP contribution in [0.25, 0.3) is 0 Å². The quantitative estimate of drug-likeness (QED) is 0.789. The van der Waals surface area contributed by atoms with Crippen molar-refractivity contribution in [1.82, 2.24) is 5.32 Å². The molecule has 2 aliphatic rings. The molecule has 0 aromatic heterocycles. The zero-order chi connectivity index (χ0) is 18.9. The van der Waals surface area contributed by atoms with Gasteiger partial charge in [0, 0.05) is 6.04 Å². The number of ether oxygens (including phenoxy) is 1. The molecular weight excluding hydrogens is 352 g/mol. The van der Waals surface area contributed by atoms with Crippen molar-refractivity contribution < 1.29 is 17.9 Å². The first-order valence-corrected chi connectivity index (χ1v) is 11.2. The molecule has 2 saturated carbocycles. The van der Waals surface area contributed by atoms with Gasteiger partial charge in [0.15, 0.2) is 0 Å². The van der Waals surface area contributed by atoms with Gasteiger partial charge in [0.2, 0.25) is 15.9 Å². The number of rotatable bonds is 7. The first-order valence-electron chi connectivity index (χ1n) is 9.32. The molecule has 1 aromatic rings. The Morgan fingerprint density at radius 1 is 1.27 bits per heavy atom. The highest BCUT2D eigenvalue weighted by molar-refractivity contribution is 7.92. The Hall–Kier alpha value is -1.76. The molecular formula is C19H28N2O4S. The molecule has 144 valence electrons. The lowest BCUT2D eigenvalue weighted by Crippen LogP contribution is -2.51. The van der Waals surface area contributed by atoms with Crippen LogP contribution in [-0.2, 0) is 14.8 Å². The maximum Gasteiger partial charge on any atom is 0.243 e. The zero-order valence-electron chi connectivity index (χ0n) is 15.6. The number of benzene rings is 1. The number of fused-ring (bicyclic) bond motifs is 2. The predicted octanol–water partition coefficient (Wildman–Crippen LogP) is 2.54. The van der Waals surface area contributed by atoms with Crippen LogP contribution in [0.15, 0.2) is 24.3 Å². The minimum absolute atomic E-state index is 0.186. The smallest absolute Gasteiger partial charge is 0.243 e. The fourth-order valence-electron chi connectivity index (χ4n) is 4.39. The Balaban J connectivity index is 1.75. The van der Waals surface area contributed by atoms with Crippen LogP contribution in [0.4, 0.5) is 5.69 Å². The molecule has 1 N–H and O–H groups in total. The molecule has 4 atom stereocenters. The van der Waals surface area contributed by atoms with Gasteiger partial charge < -0.3 is 10.1 Å². The second-order valence-electron chi connectivity index (χ2n) is 7.45. The largest absolute Gasteiger partial charge is 0.494 e. The van der Waals surface area contributed by atoms with E-state index in [2.05, 4.69) is 5.32 Å². The third-order valence-corrected chi connectivity index (χ3v) is 6.80. The molecule has 0 spiro atoms. The lowest BCUT2D eigenvalue weighted by atomic mass is 9.95. The molecule has 2 fully saturated rings. The van der Waals surface area contributed by atoms with Gasteiger partial charge in [-0.25, -0.2) is 8.42 Å². The summed E-state index contributed by atoms with van der Waals surface area (Å²) in [7, 11) is -3.60. The van der Waals surface area contributed by atoms with Crippen LogP contribution in [0.2, 0.25) is 0 Å². The third kappa shape index (κ3) is 3.98. The summed E-state index contributed by atoms with van der Waals surface area (Å²) in [5.41, 5.74) is 0.464. The molecule has 2 aliphatic carbocycles. The van der Waals surface area contributed by atoms with Crippen LogP contribution in [0.3, 0.4) is 0 Å². The van der Waals surface area contributed by atoms with Crippen molar-refractivity contribution in [2.45, 2.75) is 51.6 Å². The van der Waals surface area contributed by atoms with E-state index >= 15 is 0 Å². The van der Waals surface area contributed by atoms with E-state index in [4.69, 9.17) is 4.74 Å². The molecule has 0 saturated heterocycles. The standard InChI is InChI=1S/C19H28N2O4S/c1-4-25-17-9-7-16(8-10-17)21(26(3,23)24)13(2)19(22)20-18-12-14-5-6-15(18)11-14/h7-10,13-15,18H,4-6,11-12H2,1-3H3,(H,20,22)/t13-,14-,15-,18+/m0/s1. The summed E-state index contributed by atoms with van der Waals surface area (Å²) >= 11 is 0. The molecule has 1 amide bonds. The van der Waals surface area contributed by atoms with Crippen molar-refractivity contribution >= 4 is 21.6 Å². The molecule has 1 aromatic carbocycles. The molecule has 7 heteroatoms. The van der Waals surface area contributed by atoms with Gasteiger partial charge in [-0.1, -0.05) is 6.42 Å². The summed E-state index contributed by atoms with van der Waals surface area (Å²) in [4.78, 5) is 12.8. The van der Waals surface area contributed by atoms with Crippen molar-refractivity contribution in [3.8, 4) is 5.75 Å². The molecule has 6 nitrogen and oxygen atoms in total. The van der Waals surface area contributed by atoms with Gasteiger partial charge in [-0.05, 0) is 69.2 Å². The van der Waals surface area contributed by atoms with E-state index in [9.17, 15) is 13.2 Å². The Kier molecular flexibility index (Phi) is 5.46. The number of anilines is 1. The highest BCUT2D eigenvalue weighted by atomic mass is 32.2. The molecule has 0 unspecified atom stereocenters. The monoisotopic (exact) mass is 380 g/mol. The van der Waals surface area contributed by atoms with Crippen molar-refractivity contribution in [2.24, 2.45) is 11.8 Å². The van der Waals surface area contributed by atoms with Gasteiger partial charge in [0.25, 0.3) is 0 Å². The van der Waals surface area contributed by atoms with Gasteiger partial charge in [-0.3, -0.25) is 9.10 Å². The van der Waals surface area contributed by atoms with Crippen LogP contribution in [0.1, 0.15) is 39.5 Å². The zero-order valence-corrected chi connectivity index (χ0v) is 16.5. The number of hydrogen-bond donors (Lipinski definition) is 1. The maximum atomic E-state index is 12.8. The Morgan fingerprint density at radius 2 is 1.96 bits per heavy atom. The molecule has 2 bridgehead atoms. The first-order chi connectivity index (χ1) is 12.3. The van der Waals surface area contributed by atoms with Gasteiger partial charge >= 0.3 is 0 Å². The Labute approximate surface area is 156 Å². The number of carbonyl (C=O) groups excluding carboxylic acids is 1. The number of carbonyl (C=O) groups is 1. The number of nitrogens with one attached hydrogen (secondary N) is 1. The van der Waals surface area contributed by atoms with E-state index in [-0.39, 0.29) is 11.9 Å². The summed E-state index contributed by atoms with van der Waals surface area (Å²) in [6.07, 6.45) is 5.76. The summed E-state index contributed by atoms with van der Waals surface area (Å²) in [6, 6.07) is 6.17. The van der Waals surface area contributed by atoms with Gasteiger partial charge in [0.1, 0.15) is 11.8 Å². The Bertz CT molecular complexity index is 747. The second kappa shape index (κ2) is 7.47. The minimum atomic E-state index is -3.60. The third-order valence-electron chi connectivity index (χ3n) is 5.56. The number of hydrogen-bond acceptors (Lipinski definition) is 4. The normalized spacial score (nSPS) is 25.7. The number of amides is 1. The van der Waals surface area contributed by atoms with Crippen LogP contribution in [-0.4, -0.2) is 39.3 Å². The minimum Gasteiger partial charge on any atom is -0.494 e. The van der Waals surface area contributed by atoms with Crippen molar-refractivity contribution in [1.29, 1.82) is 0 Å². The van der Waals surface area contributed by atoms with Crippen LogP contribution in [0.5, 0.6) is 5.75 Å². The van der Waals surface area contributed by atoms with E-state index in [0.717, 1.165) is 18.6 Å². The van der Waals surface area contributed by atoms with Gasteiger partial charge in [-0.2, -0.15) is 0 Å². The van der Waals surface area contributed by atoms with Gasteiger partial charge in [-0.15, -0.1) is 0 Å². The van der Waals surface area contributed by atoms with E-state index in [1.807, 2.05) is 6.92 Å². The summed E-state index contributed by atoms with van der Waals surface area (Å²) in [5, 5.41) is 3.09. The predicted molar refractivity (Wildman–Crippen MR) is 102 cm³/mol. The fraction of sp³-hybridized carbons (Fsp3) is 0.632. The molecule has 0 aliphatic heterocycles. The van der Waals surface area contributed by atoms with Crippen molar-refractivity contribution in [3.63, 3.8) is 0 Å². The number of nitrogens with zero attached hydrogens (tertiary/aromatic N) is 1. The maximum absolute atomic E-state index is 12.8. The molecule has 3 rings (SSSR count). The highest BCUT2D eigenvalue weighted by Crippen LogP contribution is 2.44. The van der Waals surface area contributed by atoms with Gasteiger partial charge in [0.05, 0.1) is 18.6 Å². The number of sulfonamides is 1. The second-order valence-corrected chi connectivity index (χ2v) is 9.31. The lowest BCUT2D eigenvalue weighted by Gasteiger charge is -2.31. The highest BCUT2D eigenvalue weighted by Gasteiger charge is 2.41.